The van der Waals surface area contributed by atoms with Crippen molar-refractivity contribution in [1.29, 1.82) is 5.26 Å². The zero-order valence-corrected chi connectivity index (χ0v) is 13.7. The molecule has 0 radical (unpaired) electrons. The first-order valence-corrected chi connectivity index (χ1v) is 8.70. The van der Waals surface area contributed by atoms with Gasteiger partial charge < -0.3 is 15.4 Å². The average Bonchev–Trinajstić information content (AvgIpc) is 3.32. The van der Waals surface area contributed by atoms with Gasteiger partial charge in [0.15, 0.2) is 0 Å². The standard InChI is InChI=1S/C17H16N4O2S/c18-9-13-8-16(21-24-13)23-12-4-1-10(2-5-12)17(22)20-15-7-11-3-6-14(15)19-11/h1-2,4-5,8,11,14-15,19H,3,6-7H2,(H,20,22)/t11-,14+,15-/m1/s1. The third-order valence-corrected chi connectivity index (χ3v) is 5.23. The van der Waals surface area contributed by atoms with Crippen molar-refractivity contribution in [2.24, 2.45) is 0 Å². The van der Waals surface area contributed by atoms with Crippen LogP contribution < -0.4 is 15.4 Å². The third kappa shape index (κ3) is 2.98. The van der Waals surface area contributed by atoms with E-state index < -0.39 is 0 Å². The minimum Gasteiger partial charge on any atom is -0.438 e. The Bertz CT molecular complexity index is 796. The van der Waals surface area contributed by atoms with Crippen LogP contribution in [0.2, 0.25) is 0 Å². The maximum absolute atomic E-state index is 12.4. The van der Waals surface area contributed by atoms with Crippen LogP contribution in [0.15, 0.2) is 30.3 Å². The molecular weight excluding hydrogens is 324 g/mol. The van der Waals surface area contributed by atoms with E-state index in [0.717, 1.165) is 24.4 Å². The van der Waals surface area contributed by atoms with Crippen LogP contribution in [0.1, 0.15) is 34.5 Å². The maximum atomic E-state index is 12.4. The molecule has 4 rings (SSSR count). The summed E-state index contributed by atoms with van der Waals surface area (Å²) in [5.74, 6) is 0.922. The number of carbonyl (C=O) groups is 1. The Hall–Kier alpha value is -2.43. The lowest BCUT2D eigenvalue weighted by Gasteiger charge is -2.21. The summed E-state index contributed by atoms with van der Waals surface area (Å²) in [5.41, 5.74) is 0.612. The molecule has 2 fully saturated rings. The Morgan fingerprint density at radius 3 is 2.83 bits per heavy atom. The SMILES string of the molecule is N#Cc1cc(Oc2ccc(C(=O)N[C@@H]3C[C@H]4CC[C@@H]3N4)cc2)ns1. The molecule has 6 nitrogen and oxygen atoms in total. The molecule has 2 N–H and O–H groups in total. The molecule has 7 heteroatoms. The summed E-state index contributed by atoms with van der Waals surface area (Å²) in [5, 5.41) is 15.4. The lowest BCUT2D eigenvalue weighted by Crippen LogP contribution is -2.42. The van der Waals surface area contributed by atoms with Crippen LogP contribution in [0.4, 0.5) is 0 Å². The molecule has 3 atom stereocenters. The highest BCUT2D eigenvalue weighted by molar-refractivity contribution is 7.06. The quantitative estimate of drug-likeness (QED) is 0.892. The average molecular weight is 340 g/mol. The van der Waals surface area contributed by atoms with Gasteiger partial charge in [-0.3, -0.25) is 4.79 Å². The van der Waals surface area contributed by atoms with Gasteiger partial charge in [-0.15, -0.1) is 0 Å². The molecule has 0 aliphatic carbocycles. The number of hydrogen-bond donors (Lipinski definition) is 2. The Morgan fingerprint density at radius 2 is 2.21 bits per heavy atom. The minimum absolute atomic E-state index is 0.0543. The van der Waals surface area contributed by atoms with E-state index in [1.807, 2.05) is 6.07 Å². The number of nitrogens with one attached hydrogen (secondary N) is 2. The van der Waals surface area contributed by atoms with Gasteiger partial charge in [0, 0.05) is 29.8 Å². The summed E-state index contributed by atoms with van der Waals surface area (Å²) in [6.45, 7) is 0. The van der Waals surface area contributed by atoms with E-state index in [1.54, 1.807) is 30.3 Å². The highest BCUT2D eigenvalue weighted by atomic mass is 32.1. The van der Waals surface area contributed by atoms with E-state index in [0.29, 0.717) is 34.2 Å². The van der Waals surface area contributed by atoms with Gasteiger partial charge in [-0.1, -0.05) is 0 Å². The molecule has 2 aliphatic heterocycles. The van der Waals surface area contributed by atoms with Crippen molar-refractivity contribution in [3.8, 4) is 17.7 Å². The second-order valence-corrected chi connectivity index (χ2v) is 6.94. The third-order valence-electron chi connectivity index (χ3n) is 4.55. The Labute approximate surface area is 143 Å². The number of nitrogens with zero attached hydrogens (tertiary/aromatic N) is 2. The Morgan fingerprint density at radius 1 is 1.38 bits per heavy atom. The summed E-state index contributed by atoms with van der Waals surface area (Å²) in [7, 11) is 0. The van der Waals surface area contributed by atoms with Crippen LogP contribution in [-0.4, -0.2) is 28.4 Å². The monoisotopic (exact) mass is 340 g/mol. The number of fused-ring (bicyclic) bond motifs is 2. The summed E-state index contributed by atoms with van der Waals surface area (Å²) in [6.07, 6.45) is 3.37. The van der Waals surface area contributed by atoms with E-state index in [9.17, 15) is 4.79 Å². The number of hydrogen-bond acceptors (Lipinski definition) is 6. The van der Waals surface area contributed by atoms with Gasteiger partial charge in [0.05, 0.1) is 0 Å². The van der Waals surface area contributed by atoms with Crippen LogP contribution in [0, 0.1) is 11.3 Å². The van der Waals surface area contributed by atoms with Crippen molar-refractivity contribution in [1.82, 2.24) is 15.0 Å². The fourth-order valence-electron chi connectivity index (χ4n) is 3.39. The number of carbonyl (C=O) groups excluding carboxylic acids is 1. The Balaban J connectivity index is 1.38. The molecule has 2 bridgehead atoms. The van der Waals surface area contributed by atoms with Crippen molar-refractivity contribution >= 4 is 17.4 Å². The molecule has 0 unspecified atom stereocenters. The molecule has 2 aromatic rings. The molecule has 1 aromatic carbocycles. The van der Waals surface area contributed by atoms with Gasteiger partial charge in [-0.2, -0.15) is 9.64 Å². The van der Waals surface area contributed by atoms with Gasteiger partial charge in [0.25, 0.3) is 5.91 Å². The predicted octanol–water partition coefficient (Wildman–Crippen LogP) is 2.43. The normalized spacial score (nSPS) is 24.5. The molecule has 24 heavy (non-hydrogen) atoms. The highest BCUT2D eigenvalue weighted by Gasteiger charge is 2.39. The summed E-state index contributed by atoms with van der Waals surface area (Å²) >= 11 is 1.09. The molecule has 0 saturated carbocycles. The summed E-state index contributed by atoms with van der Waals surface area (Å²) < 4.78 is 9.62. The smallest absolute Gasteiger partial charge is 0.251 e. The number of benzene rings is 1. The second kappa shape index (κ2) is 6.23. The molecule has 0 spiro atoms. The van der Waals surface area contributed by atoms with Crippen LogP contribution in [0.3, 0.4) is 0 Å². The number of nitriles is 1. The van der Waals surface area contributed by atoms with Crippen molar-refractivity contribution in [2.45, 2.75) is 37.4 Å². The summed E-state index contributed by atoms with van der Waals surface area (Å²) in [6, 6.07) is 11.8. The van der Waals surface area contributed by atoms with Gasteiger partial charge >= 0.3 is 0 Å². The van der Waals surface area contributed by atoms with E-state index >= 15 is 0 Å². The van der Waals surface area contributed by atoms with E-state index in [-0.39, 0.29) is 11.9 Å². The first kappa shape index (κ1) is 15.1. The maximum Gasteiger partial charge on any atom is 0.251 e. The van der Waals surface area contributed by atoms with Gasteiger partial charge in [-0.05, 0) is 55.1 Å². The van der Waals surface area contributed by atoms with Crippen molar-refractivity contribution in [3.05, 3.63) is 40.8 Å². The lowest BCUT2D eigenvalue weighted by atomic mass is 9.95. The zero-order chi connectivity index (χ0) is 16.5. The largest absolute Gasteiger partial charge is 0.438 e. The lowest BCUT2D eigenvalue weighted by molar-refractivity contribution is 0.0931. The van der Waals surface area contributed by atoms with E-state index in [4.69, 9.17) is 10.00 Å². The number of amides is 1. The van der Waals surface area contributed by atoms with Crippen LogP contribution in [0.25, 0.3) is 0 Å². The van der Waals surface area contributed by atoms with Crippen molar-refractivity contribution < 1.29 is 9.53 Å². The van der Waals surface area contributed by atoms with E-state index in [1.165, 1.54) is 6.42 Å². The van der Waals surface area contributed by atoms with Gasteiger partial charge in [-0.25, -0.2) is 0 Å². The van der Waals surface area contributed by atoms with Crippen LogP contribution in [0.5, 0.6) is 11.6 Å². The summed E-state index contributed by atoms with van der Waals surface area (Å²) in [4.78, 5) is 12.9. The first-order chi connectivity index (χ1) is 11.7. The number of ether oxygens (including phenoxy) is 1. The minimum atomic E-state index is -0.0543. The Kier molecular flexibility index (Phi) is 3.92. The van der Waals surface area contributed by atoms with Gasteiger partial charge in [0.2, 0.25) is 5.88 Å². The van der Waals surface area contributed by atoms with E-state index in [2.05, 4.69) is 15.0 Å². The molecule has 3 heterocycles. The molecule has 122 valence electrons. The fraction of sp³-hybridized carbons (Fsp3) is 0.353. The number of aromatic nitrogens is 1. The molecule has 1 aromatic heterocycles. The first-order valence-electron chi connectivity index (χ1n) is 7.93. The van der Waals surface area contributed by atoms with Crippen LogP contribution >= 0.6 is 11.5 Å². The second-order valence-electron chi connectivity index (χ2n) is 6.13. The zero-order valence-electron chi connectivity index (χ0n) is 12.9. The highest BCUT2D eigenvalue weighted by Crippen LogP contribution is 2.28. The number of rotatable bonds is 4. The molecular formula is C17H16N4O2S. The van der Waals surface area contributed by atoms with Gasteiger partial charge in [0.1, 0.15) is 16.7 Å². The molecule has 2 saturated heterocycles. The predicted molar refractivity (Wildman–Crippen MR) is 89.2 cm³/mol. The molecule has 2 aliphatic rings. The van der Waals surface area contributed by atoms with Crippen molar-refractivity contribution in [2.75, 3.05) is 0 Å². The van der Waals surface area contributed by atoms with Crippen LogP contribution in [-0.2, 0) is 0 Å². The topological polar surface area (TPSA) is 87.0 Å². The fourth-order valence-corrected chi connectivity index (χ4v) is 3.86. The van der Waals surface area contributed by atoms with Crippen molar-refractivity contribution in [3.63, 3.8) is 0 Å². The molecule has 1 amide bonds.